The SMILES string of the molecule is COc1ccc(-c2noc([C@H](C)NC(=O)c3ccccc3C)n2)cc1. The number of methoxy groups -OCH3 is 1. The average Bonchev–Trinajstić information content (AvgIpc) is 3.12. The molecule has 0 unspecified atom stereocenters. The van der Waals surface area contributed by atoms with Crippen molar-refractivity contribution in [1.82, 2.24) is 15.5 Å². The summed E-state index contributed by atoms with van der Waals surface area (Å²) in [5, 5.41) is 6.86. The van der Waals surface area contributed by atoms with Gasteiger partial charge in [0.1, 0.15) is 11.8 Å². The van der Waals surface area contributed by atoms with Gasteiger partial charge in [0.2, 0.25) is 11.7 Å². The van der Waals surface area contributed by atoms with Crippen molar-refractivity contribution in [3.8, 4) is 17.1 Å². The van der Waals surface area contributed by atoms with Crippen LogP contribution in [0.3, 0.4) is 0 Å². The third-order valence-corrected chi connectivity index (χ3v) is 3.90. The summed E-state index contributed by atoms with van der Waals surface area (Å²) in [5.74, 6) is 1.41. The maximum atomic E-state index is 12.4. The van der Waals surface area contributed by atoms with Crippen molar-refractivity contribution in [2.45, 2.75) is 19.9 Å². The highest BCUT2D eigenvalue weighted by molar-refractivity contribution is 5.95. The van der Waals surface area contributed by atoms with Gasteiger partial charge in [-0.25, -0.2) is 0 Å². The van der Waals surface area contributed by atoms with Gasteiger partial charge in [0.25, 0.3) is 5.91 Å². The Morgan fingerprint density at radius 2 is 1.88 bits per heavy atom. The number of aryl methyl sites for hydroxylation is 1. The largest absolute Gasteiger partial charge is 0.497 e. The molecule has 0 fully saturated rings. The number of carbonyl (C=O) groups excluding carboxylic acids is 1. The van der Waals surface area contributed by atoms with Crippen molar-refractivity contribution in [3.63, 3.8) is 0 Å². The van der Waals surface area contributed by atoms with Crippen molar-refractivity contribution >= 4 is 5.91 Å². The monoisotopic (exact) mass is 337 g/mol. The normalized spacial score (nSPS) is 11.8. The van der Waals surface area contributed by atoms with Crippen LogP contribution in [0.5, 0.6) is 5.75 Å². The molecule has 1 amide bonds. The van der Waals surface area contributed by atoms with E-state index in [4.69, 9.17) is 9.26 Å². The number of hydrogen-bond acceptors (Lipinski definition) is 5. The molecule has 1 aromatic heterocycles. The van der Waals surface area contributed by atoms with Crippen molar-refractivity contribution in [2.75, 3.05) is 7.11 Å². The summed E-state index contributed by atoms with van der Waals surface area (Å²) in [4.78, 5) is 16.8. The Morgan fingerprint density at radius 1 is 1.16 bits per heavy atom. The predicted molar refractivity (Wildman–Crippen MR) is 93.3 cm³/mol. The number of nitrogens with zero attached hydrogens (tertiary/aromatic N) is 2. The van der Waals surface area contributed by atoms with Crippen LogP contribution in [-0.2, 0) is 0 Å². The molecular weight excluding hydrogens is 318 g/mol. The molecule has 0 aliphatic heterocycles. The molecule has 0 saturated heterocycles. The molecule has 25 heavy (non-hydrogen) atoms. The Labute approximate surface area is 145 Å². The van der Waals surface area contributed by atoms with Crippen LogP contribution >= 0.6 is 0 Å². The van der Waals surface area contributed by atoms with E-state index in [1.165, 1.54) is 0 Å². The number of ether oxygens (including phenoxy) is 1. The third kappa shape index (κ3) is 3.68. The van der Waals surface area contributed by atoms with Crippen LogP contribution in [-0.4, -0.2) is 23.2 Å². The quantitative estimate of drug-likeness (QED) is 0.770. The second-order valence-corrected chi connectivity index (χ2v) is 5.69. The molecule has 6 nitrogen and oxygen atoms in total. The number of amides is 1. The molecule has 0 aliphatic carbocycles. The van der Waals surface area contributed by atoms with E-state index in [9.17, 15) is 4.79 Å². The van der Waals surface area contributed by atoms with Gasteiger partial charge >= 0.3 is 0 Å². The summed E-state index contributed by atoms with van der Waals surface area (Å²) in [5.41, 5.74) is 2.36. The first-order valence-electron chi connectivity index (χ1n) is 7.93. The second-order valence-electron chi connectivity index (χ2n) is 5.69. The summed E-state index contributed by atoms with van der Waals surface area (Å²) in [7, 11) is 1.61. The van der Waals surface area contributed by atoms with Crippen molar-refractivity contribution in [2.24, 2.45) is 0 Å². The maximum Gasteiger partial charge on any atom is 0.252 e. The second kappa shape index (κ2) is 7.17. The summed E-state index contributed by atoms with van der Waals surface area (Å²) in [6.45, 7) is 3.70. The first kappa shape index (κ1) is 16.7. The molecule has 3 aromatic rings. The van der Waals surface area contributed by atoms with Gasteiger partial charge in [-0.1, -0.05) is 23.4 Å². The fraction of sp³-hybridized carbons (Fsp3) is 0.211. The van der Waals surface area contributed by atoms with Crippen LogP contribution in [0.25, 0.3) is 11.4 Å². The van der Waals surface area contributed by atoms with Crippen LogP contribution in [0.15, 0.2) is 53.1 Å². The van der Waals surface area contributed by atoms with Gasteiger partial charge < -0.3 is 14.6 Å². The van der Waals surface area contributed by atoms with Gasteiger partial charge in [-0.3, -0.25) is 4.79 Å². The van der Waals surface area contributed by atoms with Crippen molar-refractivity contribution < 1.29 is 14.1 Å². The predicted octanol–water partition coefficient (Wildman–Crippen LogP) is 3.54. The van der Waals surface area contributed by atoms with Crippen LogP contribution in [0.4, 0.5) is 0 Å². The minimum absolute atomic E-state index is 0.171. The summed E-state index contributed by atoms with van der Waals surface area (Å²) in [6.07, 6.45) is 0. The Bertz CT molecular complexity index is 872. The summed E-state index contributed by atoms with van der Waals surface area (Å²) in [6, 6.07) is 14.4. The van der Waals surface area contributed by atoms with Gasteiger partial charge in [-0.15, -0.1) is 0 Å². The Balaban J connectivity index is 1.73. The topological polar surface area (TPSA) is 77.3 Å². The fourth-order valence-corrected chi connectivity index (χ4v) is 2.43. The molecule has 1 N–H and O–H groups in total. The minimum Gasteiger partial charge on any atom is -0.497 e. The fourth-order valence-electron chi connectivity index (χ4n) is 2.43. The maximum absolute atomic E-state index is 12.4. The van der Waals surface area contributed by atoms with Gasteiger partial charge in [-0.2, -0.15) is 4.98 Å². The molecule has 0 spiro atoms. The zero-order chi connectivity index (χ0) is 17.8. The number of hydrogen-bond donors (Lipinski definition) is 1. The number of aromatic nitrogens is 2. The lowest BCUT2D eigenvalue weighted by Gasteiger charge is -2.11. The van der Waals surface area contributed by atoms with E-state index in [1.807, 2.05) is 56.3 Å². The van der Waals surface area contributed by atoms with Gasteiger partial charge in [-0.05, 0) is 49.7 Å². The molecule has 2 aromatic carbocycles. The summed E-state index contributed by atoms with van der Waals surface area (Å²) >= 11 is 0. The third-order valence-electron chi connectivity index (χ3n) is 3.90. The molecule has 1 heterocycles. The minimum atomic E-state index is -0.397. The summed E-state index contributed by atoms with van der Waals surface area (Å²) < 4.78 is 10.4. The molecule has 0 aliphatic rings. The van der Waals surface area contributed by atoms with E-state index in [0.29, 0.717) is 17.3 Å². The highest BCUT2D eigenvalue weighted by Crippen LogP contribution is 2.21. The van der Waals surface area contributed by atoms with Gasteiger partial charge in [0.05, 0.1) is 7.11 Å². The van der Waals surface area contributed by atoms with Crippen LogP contribution in [0.2, 0.25) is 0 Å². The van der Waals surface area contributed by atoms with Gasteiger partial charge in [0.15, 0.2) is 0 Å². The molecule has 6 heteroatoms. The van der Waals surface area contributed by atoms with Gasteiger partial charge in [0, 0.05) is 11.1 Å². The van der Waals surface area contributed by atoms with Crippen molar-refractivity contribution in [3.05, 3.63) is 65.5 Å². The lowest BCUT2D eigenvalue weighted by molar-refractivity contribution is 0.0932. The van der Waals surface area contributed by atoms with E-state index >= 15 is 0 Å². The lowest BCUT2D eigenvalue weighted by atomic mass is 10.1. The molecule has 0 radical (unpaired) electrons. The Kier molecular flexibility index (Phi) is 4.79. The molecule has 3 rings (SSSR count). The zero-order valence-corrected chi connectivity index (χ0v) is 14.3. The van der Waals surface area contributed by atoms with E-state index in [1.54, 1.807) is 13.2 Å². The van der Waals surface area contributed by atoms with Crippen LogP contribution in [0, 0.1) is 6.92 Å². The molecular formula is C19H19N3O3. The average molecular weight is 337 g/mol. The molecule has 0 bridgehead atoms. The number of rotatable bonds is 5. The molecule has 1 atom stereocenters. The lowest BCUT2D eigenvalue weighted by Crippen LogP contribution is -2.27. The standard InChI is InChI=1S/C19H19N3O3/c1-12-6-4-5-7-16(12)18(23)20-13(2)19-21-17(22-25-19)14-8-10-15(24-3)11-9-14/h4-11,13H,1-3H3,(H,20,23)/t13-/m0/s1. The number of benzene rings is 2. The first-order valence-corrected chi connectivity index (χ1v) is 7.93. The Hall–Kier alpha value is -3.15. The smallest absolute Gasteiger partial charge is 0.252 e. The highest BCUT2D eigenvalue weighted by atomic mass is 16.5. The van der Waals surface area contributed by atoms with Crippen molar-refractivity contribution in [1.29, 1.82) is 0 Å². The molecule has 128 valence electrons. The van der Waals surface area contributed by atoms with E-state index < -0.39 is 6.04 Å². The zero-order valence-electron chi connectivity index (χ0n) is 14.3. The van der Waals surface area contributed by atoms with Crippen LogP contribution < -0.4 is 10.1 Å². The number of carbonyl (C=O) groups is 1. The number of nitrogens with one attached hydrogen (secondary N) is 1. The first-order chi connectivity index (χ1) is 12.1. The Morgan fingerprint density at radius 3 is 2.56 bits per heavy atom. The van der Waals surface area contributed by atoms with E-state index in [2.05, 4.69) is 15.5 Å². The van der Waals surface area contributed by atoms with E-state index in [0.717, 1.165) is 16.9 Å². The van der Waals surface area contributed by atoms with Crippen LogP contribution in [0.1, 0.15) is 34.8 Å². The molecule has 0 saturated carbocycles. The van der Waals surface area contributed by atoms with E-state index in [-0.39, 0.29) is 5.91 Å². The highest BCUT2D eigenvalue weighted by Gasteiger charge is 2.19.